The third kappa shape index (κ3) is 2.69. The molecule has 1 heterocycles. The van der Waals surface area contributed by atoms with Gasteiger partial charge in [-0.25, -0.2) is 0 Å². The van der Waals surface area contributed by atoms with Crippen LogP contribution in [0.1, 0.15) is 24.3 Å². The molecular formula is C17H17NO. The first-order valence-corrected chi connectivity index (χ1v) is 6.59. The third-order valence-corrected chi connectivity index (χ3v) is 3.33. The lowest BCUT2D eigenvalue weighted by Crippen LogP contribution is -2.17. The Hall–Kier alpha value is -2.06. The number of rotatable bonds is 4. The van der Waals surface area contributed by atoms with Crippen LogP contribution in [0.3, 0.4) is 0 Å². The maximum absolute atomic E-state index is 5.86. The van der Waals surface area contributed by atoms with Gasteiger partial charge in [-0.05, 0) is 24.6 Å². The average Bonchev–Trinajstić information content (AvgIpc) is 2.90. The lowest BCUT2D eigenvalue weighted by atomic mass is 10.2. The van der Waals surface area contributed by atoms with Crippen molar-refractivity contribution in [2.24, 2.45) is 0 Å². The topological polar surface area (TPSA) is 25.2 Å². The summed E-state index contributed by atoms with van der Waals surface area (Å²) >= 11 is 0. The molecule has 0 aliphatic rings. The molecule has 0 radical (unpaired) electrons. The lowest BCUT2D eigenvalue weighted by molar-refractivity contribution is 0.451. The quantitative estimate of drug-likeness (QED) is 0.748. The second-order valence-corrected chi connectivity index (χ2v) is 4.77. The average molecular weight is 251 g/mol. The number of benzene rings is 2. The summed E-state index contributed by atoms with van der Waals surface area (Å²) in [5.41, 5.74) is 2.23. The van der Waals surface area contributed by atoms with Crippen molar-refractivity contribution in [3.8, 4) is 0 Å². The van der Waals surface area contributed by atoms with E-state index in [1.807, 2.05) is 24.3 Å². The summed E-state index contributed by atoms with van der Waals surface area (Å²) in [5.74, 6) is 0.983. The van der Waals surface area contributed by atoms with E-state index in [0.717, 1.165) is 23.3 Å². The van der Waals surface area contributed by atoms with Crippen LogP contribution in [0.15, 0.2) is 65.1 Å². The number of hydrogen-bond acceptors (Lipinski definition) is 2. The number of furan rings is 1. The Kier molecular flexibility index (Phi) is 3.34. The van der Waals surface area contributed by atoms with E-state index in [-0.39, 0.29) is 6.04 Å². The molecule has 2 heteroatoms. The van der Waals surface area contributed by atoms with Crippen LogP contribution in [-0.2, 0) is 6.54 Å². The summed E-state index contributed by atoms with van der Waals surface area (Å²) < 4.78 is 5.86. The SMILES string of the molecule is CC(NCc1ccccc1)c1cc2ccccc2o1. The molecule has 2 aromatic carbocycles. The Bertz CT molecular complexity index is 624. The molecule has 3 aromatic rings. The summed E-state index contributed by atoms with van der Waals surface area (Å²) in [4.78, 5) is 0. The van der Waals surface area contributed by atoms with Gasteiger partial charge >= 0.3 is 0 Å². The highest BCUT2D eigenvalue weighted by Gasteiger charge is 2.10. The van der Waals surface area contributed by atoms with Crippen molar-refractivity contribution >= 4 is 11.0 Å². The third-order valence-electron chi connectivity index (χ3n) is 3.33. The lowest BCUT2D eigenvalue weighted by Gasteiger charge is -2.11. The van der Waals surface area contributed by atoms with Crippen molar-refractivity contribution in [1.29, 1.82) is 0 Å². The summed E-state index contributed by atoms with van der Waals surface area (Å²) in [6.45, 7) is 2.97. The largest absolute Gasteiger partial charge is 0.459 e. The van der Waals surface area contributed by atoms with Gasteiger partial charge in [0.1, 0.15) is 11.3 Å². The molecule has 1 N–H and O–H groups in total. The van der Waals surface area contributed by atoms with E-state index in [9.17, 15) is 0 Å². The standard InChI is InChI=1S/C17H17NO/c1-13(18-12-14-7-3-2-4-8-14)17-11-15-9-5-6-10-16(15)19-17/h2-11,13,18H,12H2,1H3. The monoisotopic (exact) mass is 251 g/mol. The molecule has 0 fully saturated rings. The predicted octanol–water partition coefficient (Wildman–Crippen LogP) is 4.28. The van der Waals surface area contributed by atoms with E-state index in [2.05, 4.69) is 48.6 Å². The van der Waals surface area contributed by atoms with Gasteiger partial charge in [-0.1, -0.05) is 48.5 Å². The Morgan fingerprint density at radius 2 is 1.74 bits per heavy atom. The zero-order chi connectivity index (χ0) is 13.1. The van der Waals surface area contributed by atoms with Crippen molar-refractivity contribution < 1.29 is 4.42 Å². The van der Waals surface area contributed by atoms with Gasteiger partial charge in [0.15, 0.2) is 0 Å². The van der Waals surface area contributed by atoms with Crippen molar-refractivity contribution in [1.82, 2.24) is 5.32 Å². The molecular weight excluding hydrogens is 234 g/mol. The molecule has 2 nitrogen and oxygen atoms in total. The van der Waals surface area contributed by atoms with Crippen LogP contribution < -0.4 is 5.32 Å². The van der Waals surface area contributed by atoms with Gasteiger partial charge in [0.2, 0.25) is 0 Å². The minimum atomic E-state index is 0.201. The van der Waals surface area contributed by atoms with Crippen LogP contribution in [0.4, 0.5) is 0 Å². The maximum Gasteiger partial charge on any atom is 0.134 e. The minimum absolute atomic E-state index is 0.201. The van der Waals surface area contributed by atoms with Gasteiger partial charge in [-0.3, -0.25) is 0 Å². The van der Waals surface area contributed by atoms with Gasteiger partial charge < -0.3 is 9.73 Å². The molecule has 0 spiro atoms. The highest BCUT2D eigenvalue weighted by Crippen LogP contribution is 2.23. The van der Waals surface area contributed by atoms with Crippen LogP contribution in [0, 0.1) is 0 Å². The maximum atomic E-state index is 5.86. The summed E-state index contributed by atoms with van der Waals surface area (Å²) in [5, 5.41) is 4.64. The molecule has 0 bridgehead atoms. The molecule has 3 rings (SSSR count). The van der Waals surface area contributed by atoms with Crippen LogP contribution in [0.5, 0.6) is 0 Å². The minimum Gasteiger partial charge on any atom is -0.459 e. The number of para-hydroxylation sites is 1. The van der Waals surface area contributed by atoms with Crippen molar-refractivity contribution in [3.63, 3.8) is 0 Å². The van der Waals surface area contributed by atoms with E-state index in [0.29, 0.717) is 0 Å². The van der Waals surface area contributed by atoms with E-state index in [4.69, 9.17) is 4.42 Å². The normalized spacial score (nSPS) is 12.7. The van der Waals surface area contributed by atoms with E-state index >= 15 is 0 Å². The smallest absolute Gasteiger partial charge is 0.134 e. The van der Waals surface area contributed by atoms with Gasteiger partial charge in [-0.2, -0.15) is 0 Å². The van der Waals surface area contributed by atoms with Crippen molar-refractivity contribution in [2.75, 3.05) is 0 Å². The predicted molar refractivity (Wildman–Crippen MR) is 77.9 cm³/mol. The van der Waals surface area contributed by atoms with E-state index in [1.165, 1.54) is 5.56 Å². The van der Waals surface area contributed by atoms with Gasteiger partial charge in [0.25, 0.3) is 0 Å². The highest BCUT2D eigenvalue weighted by molar-refractivity contribution is 5.77. The molecule has 1 aromatic heterocycles. The first-order chi connectivity index (χ1) is 9.33. The first kappa shape index (κ1) is 12.0. The van der Waals surface area contributed by atoms with E-state index in [1.54, 1.807) is 0 Å². The fourth-order valence-electron chi connectivity index (χ4n) is 2.18. The molecule has 0 aliphatic heterocycles. The number of fused-ring (bicyclic) bond motifs is 1. The Labute approximate surface area is 113 Å². The van der Waals surface area contributed by atoms with Gasteiger partial charge in [0, 0.05) is 11.9 Å². The second-order valence-electron chi connectivity index (χ2n) is 4.77. The molecule has 19 heavy (non-hydrogen) atoms. The summed E-state index contributed by atoms with van der Waals surface area (Å²) in [6, 6.07) is 20.8. The molecule has 0 saturated heterocycles. The molecule has 1 atom stereocenters. The Morgan fingerprint density at radius 3 is 2.53 bits per heavy atom. The zero-order valence-corrected chi connectivity index (χ0v) is 11.0. The van der Waals surface area contributed by atoms with Crippen LogP contribution in [-0.4, -0.2) is 0 Å². The summed E-state index contributed by atoms with van der Waals surface area (Å²) in [6.07, 6.45) is 0. The van der Waals surface area contributed by atoms with E-state index < -0.39 is 0 Å². The van der Waals surface area contributed by atoms with Crippen molar-refractivity contribution in [2.45, 2.75) is 19.5 Å². The Balaban J connectivity index is 1.71. The fourth-order valence-corrected chi connectivity index (χ4v) is 2.18. The van der Waals surface area contributed by atoms with Gasteiger partial charge in [0.05, 0.1) is 6.04 Å². The molecule has 0 amide bonds. The van der Waals surface area contributed by atoms with Crippen LogP contribution >= 0.6 is 0 Å². The Morgan fingerprint density at radius 1 is 1.00 bits per heavy atom. The highest BCUT2D eigenvalue weighted by atomic mass is 16.3. The fraction of sp³-hybridized carbons (Fsp3) is 0.176. The zero-order valence-electron chi connectivity index (χ0n) is 11.0. The van der Waals surface area contributed by atoms with Gasteiger partial charge in [-0.15, -0.1) is 0 Å². The van der Waals surface area contributed by atoms with Crippen molar-refractivity contribution in [3.05, 3.63) is 72.0 Å². The summed E-state index contributed by atoms with van der Waals surface area (Å²) in [7, 11) is 0. The molecule has 96 valence electrons. The molecule has 1 unspecified atom stereocenters. The molecule has 0 aliphatic carbocycles. The van der Waals surface area contributed by atoms with Crippen LogP contribution in [0.2, 0.25) is 0 Å². The first-order valence-electron chi connectivity index (χ1n) is 6.59. The number of hydrogen-bond donors (Lipinski definition) is 1. The number of nitrogens with one attached hydrogen (secondary N) is 1. The van der Waals surface area contributed by atoms with Crippen LogP contribution in [0.25, 0.3) is 11.0 Å². The molecule has 0 saturated carbocycles. The second kappa shape index (κ2) is 5.29.